The van der Waals surface area contributed by atoms with Crippen LogP contribution in [0.3, 0.4) is 0 Å². The van der Waals surface area contributed by atoms with Gasteiger partial charge in [-0.05, 0) is 30.3 Å². The van der Waals surface area contributed by atoms with Crippen molar-refractivity contribution < 1.29 is 18.0 Å². The molecule has 1 aromatic heterocycles. The number of hydrogen-bond donors (Lipinski definition) is 1. The Kier molecular flexibility index (Phi) is 4.70. The summed E-state index contributed by atoms with van der Waals surface area (Å²) in [7, 11) is 0. The van der Waals surface area contributed by atoms with E-state index in [2.05, 4.69) is 15.6 Å². The molecular formula is C17H13F3N4O2. The van der Waals surface area contributed by atoms with E-state index in [4.69, 9.17) is 0 Å². The topological polar surface area (TPSA) is 76.9 Å². The molecule has 0 fully saturated rings. The third kappa shape index (κ3) is 3.88. The summed E-state index contributed by atoms with van der Waals surface area (Å²) in [5.41, 5.74) is -0.765. The highest BCUT2D eigenvalue weighted by Gasteiger charge is 2.30. The van der Waals surface area contributed by atoms with Crippen LogP contribution in [0.5, 0.6) is 0 Å². The molecule has 0 saturated heterocycles. The average Bonchev–Trinajstić information content (AvgIpc) is 2.61. The Hall–Kier alpha value is -3.23. The van der Waals surface area contributed by atoms with Gasteiger partial charge in [0.15, 0.2) is 0 Å². The highest BCUT2D eigenvalue weighted by atomic mass is 19.4. The fourth-order valence-corrected chi connectivity index (χ4v) is 2.37. The molecule has 0 radical (unpaired) electrons. The van der Waals surface area contributed by atoms with Gasteiger partial charge in [-0.25, -0.2) is 4.68 Å². The summed E-state index contributed by atoms with van der Waals surface area (Å²) in [6.07, 6.45) is -4.63. The third-order valence-corrected chi connectivity index (χ3v) is 3.65. The smallest absolute Gasteiger partial charge is 0.326 e. The van der Waals surface area contributed by atoms with E-state index in [0.29, 0.717) is 10.9 Å². The number of amides is 1. The van der Waals surface area contributed by atoms with Crippen molar-refractivity contribution in [3.8, 4) is 0 Å². The zero-order valence-corrected chi connectivity index (χ0v) is 13.3. The molecule has 0 aliphatic carbocycles. The molecule has 9 heteroatoms. The average molecular weight is 362 g/mol. The van der Waals surface area contributed by atoms with Crippen LogP contribution >= 0.6 is 0 Å². The number of aromatic nitrogens is 3. The third-order valence-electron chi connectivity index (χ3n) is 3.65. The normalized spacial score (nSPS) is 11.5. The minimum Gasteiger partial charge on any atom is -0.326 e. The van der Waals surface area contributed by atoms with Gasteiger partial charge < -0.3 is 5.32 Å². The number of nitrogens with zero attached hydrogens (tertiary/aromatic N) is 3. The highest BCUT2D eigenvalue weighted by Crippen LogP contribution is 2.30. The van der Waals surface area contributed by atoms with Crippen LogP contribution in [0.4, 0.5) is 18.9 Å². The van der Waals surface area contributed by atoms with E-state index in [-0.39, 0.29) is 24.2 Å². The second-order valence-corrected chi connectivity index (χ2v) is 5.51. The van der Waals surface area contributed by atoms with Crippen LogP contribution in [0.2, 0.25) is 0 Å². The molecule has 134 valence electrons. The molecule has 1 amide bonds. The van der Waals surface area contributed by atoms with E-state index >= 15 is 0 Å². The zero-order valence-electron chi connectivity index (χ0n) is 13.3. The lowest BCUT2D eigenvalue weighted by Gasteiger charge is -2.10. The molecule has 0 spiro atoms. The molecule has 3 aromatic rings. The van der Waals surface area contributed by atoms with Gasteiger partial charge in [0.2, 0.25) is 5.91 Å². The summed E-state index contributed by atoms with van der Waals surface area (Å²) >= 11 is 0. The molecule has 3 rings (SSSR count). The summed E-state index contributed by atoms with van der Waals surface area (Å²) in [6.45, 7) is -0.0402. The van der Waals surface area contributed by atoms with E-state index in [1.165, 1.54) is 12.1 Å². The zero-order chi connectivity index (χ0) is 18.7. The van der Waals surface area contributed by atoms with Crippen LogP contribution in [-0.2, 0) is 17.5 Å². The van der Waals surface area contributed by atoms with Crippen molar-refractivity contribution in [2.24, 2.45) is 0 Å². The molecule has 0 saturated carbocycles. The van der Waals surface area contributed by atoms with Gasteiger partial charge in [0, 0.05) is 12.1 Å². The lowest BCUT2D eigenvalue weighted by atomic mass is 10.2. The van der Waals surface area contributed by atoms with Crippen molar-refractivity contribution in [3.63, 3.8) is 0 Å². The van der Waals surface area contributed by atoms with Gasteiger partial charge in [-0.1, -0.05) is 23.4 Å². The van der Waals surface area contributed by atoms with Gasteiger partial charge in [0.25, 0.3) is 5.56 Å². The molecule has 2 aromatic carbocycles. The molecule has 0 unspecified atom stereocenters. The molecule has 6 nitrogen and oxygen atoms in total. The number of halogens is 3. The highest BCUT2D eigenvalue weighted by molar-refractivity contribution is 5.90. The number of aryl methyl sites for hydroxylation is 1. The predicted octanol–water partition coefficient (Wildman–Crippen LogP) is 2.84. The molecule has 0 atom stereocenters. The van der Waals surface area contributed by atoms with Crippen molar-refractivity contribution >= 4 is 22.5 Å². The van der Waals surface area contributed by atoms with E-state index in [1.54, 1.807) is 24.3 Å². The second kappa shape index (κ2) is 6.95. The van der Waals surface area contributed by atoms with Crippen LogP contribution in [0, 0.1) is 0 Å². The molecule has 0 aliphatic rings. The Balaban J connectivity index is 1.68. The minimum atomic E-state index is -4.49. The summed E-state index contributed by atoms with van der Waals surface area (Å²) in [4.78, 5) is 24.2. The molecular weight excluding hydrogens is 349 g/mol. The molecule has 1 N–H and O–H groups in total. The Morgan fingerprint density at radius 3 is 2.65 bits per heavy atom. The van der Waals surface area contributed by atoms with Crippen LogP contribution < -0.4 is 10.9 Å². The Morgan fingerprint density at radius 2 is 1.88 bits per heavy atom. The lowest BCUT2D eigenvalue weighted by molar-refractivity contribution is -0.137. The first kappa shape index (κ1) is 17.6. The Morgan fingerprint density at radius 1 is 1.12 bits per heavy atom. The maximum absolute atomic E-state index is 12.7. The first-order chi connectivity index (χ1) is 12.3. The minimum absolute atomic E-state index is 0.0294. The number of carbonyl (C=O) groups excluding carboxylic acids is 1. The number of hydrogen-bond acceptors (Lipinski definition) is 4. The summed E-state index contributed by atoms with van der Waals surface area (Å²) < 4.78 is 39.1. The number of anilines is 1. The predicted molar refractivity (Wildman–Crippen MR) is 88.5 cm³/mol. The van der Waals surface area contributed by atoms with Gasteiger partial charge in [-0.2, -0.15) is 13.2 Å². The standard InChI is InChI=1S/C17H13F3N4O2/c18-17(19,20)11-4-3-5-12(10-11)21-15(25)8-9-24-16(26)13-6-1-2-7-14(13)22-23-24/h1-7,10H,8-9H2,(H,21,25). The van der Waals surface area contributed by atoms with Crippen LogP contribution in [0.1, 0.15) is 12.0 Å². The van der Waals surface area contributed by atoms with Crippen LogP contribution in [0.25, 0.3) is 10.9 Å². The molecule has 0 bridgehead atoms. The van der Waals surface area contributed by atoms with Gasteiger partial charge in [-0.15, -0.1) is 5.10 Å². The summed E-state index contributed by atoms with van der Waals surface area (Å²) in [5.74, 6) is -0.536. The van der Waals surface area contributed by atoms with Crippen molar-refractivity contribution in [2.45, 2.75) is 19.1 Å². The number of benzene rings is 2. The van der Waals surface area contributed by atoms with Gasteiger partial charge in [0.1, 0.15) is 5.52 Å². The van der Waals surface area contributed by atoms with Crippen LogP contribution in [0.15, 0.2) is 53.3 Å². The van der Waals surface area contributed by atoms with Crippen molar-refractivity contribution in [1.82, 2.24) is 15.0 Å². The molecule has 0 aliphatic heterocycles. The number of alkyl halides is 3. The first-order valence-electron chi connectivity index (χ1n) is 7.64. The quantitative estimate of drug-likeness (QED) is 0.774. The Labute approximate surface area is 145 Å². The van der Waals surface area contributed by atoms with E-state index < -0.39 is 17.6 Å². The molecule has 1 heterocycles. The maximum atomic E-state index is 12.7. The van der Waals surface area contributed by atoms with E-state index in [9.17, 15) is 22.8 Å². The van der Waals surface area contributed by atoms with Gasteiger partial charge in [-0.3, -0.25) is 9.59 Å². The number of fused-ring (bicyclic) bond motifs is 1. The maximum Gasteiger partial charge on any atom is 0.416 e. The summed E-state index contributed by atoms with van der Waals surface area (Å²) in [6, 6.07) is 11.0. The van der Waals surface area contributed by atoms with Crippen molar-refractivity contribution in [3.05, 3.63) is 64.4 Å². The lowest BCUT2D eigenvalue weighted by Crippen LogP contribution is -2.26. The fourth-order valence-electron chi connectivity index (χ4n) is 2.37. The van der Waals surface area contributed by atoms with Crippen molar-refractivity contribution in [1.29, 1.82) is 0 Å². The molecule has 26 heavy (non-hydrogen) atoms. The van der Waals surface area contributed by atoms with Crippen LogP contribution in [-0.4, -0.2) is 20.9 Å². The number of rotatable bonds is 4. The van der Waals surface area contributed by atoms with E-state index in [1.807, 2.05) is 0 Å². The largest absolute Gasteiger partial charge is 0.416 e. The van der Waals surface area contributed by atoms with Crippen molar-refractivity contribution in [2.75, 3.05) is 5.32 Å². The Bertz CT molecular complexity index is 1010. The van der Waals surface area contributed by atoms with E-state index in [0.717, 1.165) is 16.8 Å². The van der Waals surface area contributed by atoms with Gasteiger partial charge >= 0.3 is 6.18 Å². The number of nitrogens with one attached hydrogen (secondary N) is 1. The first-order valence-corrected chi connectivity index (χ1v) is 7.64. The number of carbonyl (C=O) groups is 1. The fraction of sp³-hybridized carbons (Fsp3) is 0.176. The van der Waals surface area contributed by atoms with Gasteiger partial charge in [0.05, 0.1) is 17.5 Å². The summed E-state index contributed by atoms with van der Waals surface area (Å²) in [5, 5.41) is 10.4. The second-order valence-electron chi connectivity index (χ2n) is 5.51. The SMILES string of the molecule is O=C(CCn1nnc2ccccc2c1=O)Nc1cccc(C(F)(F)F)c1. The monoisotopic (exact) mass is 362 g/mol.